The highest BCUT2D eigenvalue weighted by molar-refractivity contribution is 6.38. The zero-order valence-electron chi connectivity index (χ0n) is 17.0. The zero-order valence-corrected chi connectivity index (χ0v) is 21.6. The SMILES string of the molecule is O=C(c1ccccc1Cl)c1ccc(Cl)nc1Cl.OC(c1ccccc1Cl)c1ccc(Cl)nc1Cl. The number of carbonyl (C=O) groups excluding carboxylic acids is 1. The van der Waals surface area contributed by atoms with Crippen molar-refractivity contribution in [3.63, 3.8) is 0 Å². The topological polar surface area (TPSA) is 63.1 Å². The molecule has 10 heteroatoms. The predicted molar refractivity (Wildman–Crippen MR) is 139 cm³/mol. The molecule has 174 valence electrons. The Balaban J connectivity index is 0.000000191. The van der Waals surface area contributed by atoms with E-state index in [0.29, 0.717) is 26.7 Å². The molecule has 0 aliphatic rings. The second-order valence-electron chi connectivity index (χ2n) is 6.72. The van der Waals surface area contributed by atoms with Crippen LogP contribution in [0.1, 0.15) is 33.2 Å². The molecule has 2 aromatic heterocycles. The number of halogens is 6. The first-order chi connectivity index (χ1) is 16.2. The van der Waals surface area contributed by atoms with Crippen molar-refractivity contribution in [1.29, 1.82) is 0 Å². The summed E-state index contributed by atoms with van der Waals surface area (Å²) in [6, 6.07) is 20.0. The van der Waals surface area contributed by atoms with E-state index in [4.69, 9.17) is 69.6 Å². The van der Waals surface area contributed by atoms with E-state index in [0.717, 1.165) is 0 Å². The van der Waals surface area contributed by atoms with Gasteiger partial charge in [-0.05, 0) is 42.5 Å². The Hall–Kier alpha value is -1.89. The summed E-state index contributed by atoms with van der Waals surface area (Å²) in [7, 11) is 0. The first kappa shape index (κ1) is 26.7. The first-order valence-electron chi connectivity index (χ1n) is 9.54. The second kappa shape index (κ2) is 12.2. The summed E-state index contributed by atoms with van der Waals surface area (Å²) in [4.78, 5) is 19.8. The summed E-state index contributed by atoms with van der Waals surface area (Å²) < 4.78 is 0. The normalized spacial score (nSPS) is 11.4. The van der Waals surface area contributed by atoms with Gasteiger partial charge in [-0.3, -0.25) is 4.79 Å². The predicted octanol–water partition coefficient (Wildman–Crippen LogP) is 8.40. The second-order valence-corrected chi connectivity index (χ2v) is 9.02. The van der Waals surface area contributed by atoms with Crippen LogP contribution < -0.4 is 0 Å². The van der Waals surface area contributed by atoms with E-state index >= 15 is 0 Å². The van der Waals surface area contributed by atoms with Crippen LogP contribution in [0.2, 0.25) is 30.7 Å². The van der Waals surface area contributed by atoms with Crippen LogP contribution in [0.4, 0.5) is 0 Å². The third-order valence-corrected chi connectivity index (χ3v) is 6.20. The molecule has 0 amide bonds. The minimum absolute atomic E-state index is 0.0717. The highest BCUT2D eigenvalue weighted by Gasteiger charge is 2.18. The Morgan fingerprint density at radius 3 is 1.76 bits per heavy atom. The Morgan fingerprint density at radius 1 is 0.618 bits per heavy atom. The molecule has 0 spiro atoms. The van der Waals surface area contributed by atoms with E-state index < -0.39 is 6.10 Å². The molecule has 34 heavy (non-hydrogen) atoms. The van der Waals surface area contributed by atoms with Gasteiger partial charge in [0, 0.05) is 21.7 Å². The molecule has 0 saturated heterocycles. The lowest BCUT2D eigenvalue weighted by Crippen LogP contribution is -2.03. The van der Waals surface area contributed by atoms with Crippen molar-refractivity contribution < 1.29 is 9.90 Å². The number of rotatable bonds is 4. The highest BCUT2D eigenvalue weighted by Crippen LogP contribution is 2.32. The molecule has 2 heterocycles. The maximum atomic E-state index is 12.1. The van der Waals surface area contributed by atoms with E-state index in [1.807, 2.05) is 0 Å². The molecule has 0 aliphatic carbocycles. The molecule has 4 aromatic rings. The summed E-state index contributed by atoms with van der Waals surface area (Å²) in [5.41, 5.74) is 1.73. The van der Waals surface area contributed by atoms with Crippen molar-refractivity contribution in [3.8, 4) is 0 Å². The van der Waals surface area contributed by atoms with Gasteiger partial charge in [-0.25, -0.2) is 9.97 Å². The fourth-order valence-corrected chi connectivity index (χ4v) is 4.20. The number of aliphatic hydroxyl groups excluding tert-OH is 1. The van der Waals surface area contributed by atoms with E-state index in [1.54, 1.807) is 60.7 Å². The molecule has 1 atom stereocenters. The van der Waals surface area contributed by atoms with Crippen LogP contribution in [0.15, 0.2) is 72.8 Å². The molecule has 0 radical (unpaired) electrons. The number of carbonyl (C=O) groups is 1. The fourth-order valence-electron chi connectivity index (χ4n) is 2.86. The standard InChI is InChI=1S/C12H8Cl3NO.C12H6Cl3NO/c2*13-9-4-2-1-3-7(9)11(17)8-5-6-10(14)16-12(8)15/h1-6,11,17H;1-6H. The number of ketones is 1. The van der Waals surface area contributed by atoms with Crippen LogP contribution in [-0.4, -0.2) is 20.9 Å². The number of pyridine rings is 2. The third kappa shape index (κ3) is 6.61. The summed E-state index contributed by atoms with van der Waals surface area (Å²) in [5, 5.41) is 11.8. The van der Waals surface area contributed by atoms with Gasteiger partial charge < -0.3 is 5.11 Å². The zero-order chi connectivity index (χ0) is 24.8. The molecule has 0 saturated carbocycles. The lowest BCUT2D eigenvalue weighted by Gasteiger charge is -2.13. The minimum atomic E-state index is -0.916. The molecule has 0 aliphatic heterocycles. The van der Waals surface area contributed by atoms with Crippen molar-refractivity contribution >= 4 is 75.4 Å². The Kier molecular flexibility index (Phi) is 9.57. The summed E-state index contributed by atoms with van der Waals surface area (Å²) >= 11 is 35.1. The average Bonchev–Trinajstić information content (AvgIpc) is 2.79. The summed E-state index contributed by atoms with van der Waals surface area (Å²) in [6.07, 6.45) is -0.916. The molecule has 4 rings (SSSR count). The highest BCUT2D eigenvalue weighted by atomic mass is 35.5. The molecule has 4 nitrogen and oxygen atoms in total. The van der Waals surface area contributed by atoms with Gasteiger partial charge in [0.1, 0.15) is 26.7 Å². The number of hydrogen-bond donors (Lipinski definition) is 1. The van der Waals surface area contributed by atoms with E-state index in [2.05, 4.69) is 9.97 Å². The number of benzene rings is 2. The third-order valence-electron chi connectivity index (χ3n) is 4.52. The number of hydrogen-bond acceptors (Lipinski definition) is 4. The summed E-state index contributed by atoms with van der Waals surface area (Å²) in [5.74, 6) is -0.273. The van der Waals surface area contributed by atoms with Crippen LogP contribution in [0.3, 0.4) is 0 Å². The van der Waals surface area contributed by atoms with Crippen LogP contribution >= 0.6 is 69.6 Å². The number of aromatic nitrogens is 2. The first-order valence-corrected chi connectivity index (χ1v) is 11.8. The van der Waals surface area contributed by atoms with Crippen LogP contribution in [-0.2, 0) is 0 Å². The average molecular weight is 575 g/mol. The van der Waals surface area contributed by atoms with E-state index in [-0.39, 0.29) is 32.0 Å². The van der Waals surface area contributed by atoms with Crippen molar-refractivity contribution in [3.05, 3.63) is 126 Å². The molecule has 2 aromatic carbocycles. The molecular weight excluding hydrogens is 561 g/mol. The minimum Gasteiger partial charge on any atom is -0.383 e. The van der Waals surface area contributed by atoms with Crippen molar-refractivity contribution in [2.24, 2.45) is 0 Å². The Bertz CT molecular complexity index is 1330. The van der Waals surface area contributed by atoms with Crippen LogP contribution in [0.25, 0.3) is 0 Å². The van der Waals surface area contributed by atoms with Crippen molar-refractivity contribution in [2.75, 3.05) is 0 Å². The Morgan fingerprint density at radius 2 is 1.18 bits per heavy atom. The molecule has 1 unspecified atom stereocenters. The Labute approximate surface area is 226 Å². The summed E-state index contributed by atoms with van der Waals surface area (Å²) in [6.45, 7) is 0. The lowest BCUT2D eigenvalue weighted by molar-refractivity contribution is 0.103. The lowest BCUT2D eigenvalue weighted by atomic mass is 10.0. The van der Waals surface area contributed by atoms with Gasteiger partial charge >= 0.3 is 0 Å². The largest absolute Gasteiger partial charge is 0.383 e. The maximum Gasteiger partial charge on any atom is 0.197 e. The molecule has 0 fully saturated rings. The smallest absolute Gasteiger partial charge is 0.197 e. The number of nitrogens with zero attached hydrogens (tertiary/aromatic N) is 2. The van der Waals surface area contributed by atoms with Gasteiger partial charge in [0.25, 0.3) is 0 Å². The van der Waals surface area contributed by atoms with E-state index in [1.165, 1.54) is 12.1 Å². The van der Waals surface area contributed by atoms with Crippen LogP contribution in [0.5, 0.6) is 0 Å². The number of aliphatic hydroxyl groups is 1. The van der Waals surface area contributed by atoms with Gasteiger partial charge in [-0.1, -0.05) is 99.9 Å². The molecular formula is C24H14Cl6N2O2. The van der Waals surface area contributed by atoms with E-state index in [9.17, 15) is 9.90 Å². The van der Waals surface area contributed by atoms with Gasteiger partial charge in [-0.2, -0.15) is 0 Å². The maximum absolute atomic E-state index is 12.1. The fraction of sp³-hybridized carbons (Fsp3) is 0.0417. The molecule has 0 bridgehead atoms. The van der Waals surface area contributed by atoms with Gasteiger partial charge in [0.2, 0.25) is 0 Å². The van der Waals surface area contributed by atoms with Crippen LogP contribution in [0, 0.1) is 0 Å². The van der Waals surface area contributed by atoms with Crippen molar-refractivity contribution in [2.45, 2.75) is 6.10 Å². The van der Waals surface area contributed by atoms with Gasteiger partial charge in [0.05, 0.1) is 10.6 Å². The molecule has 1 N–H and O–H groups in total. The van der Waals surface area contributed by atoms with Crippen molar-refractivity contribution in [1.82, 2.24) is 9.97 Å². The van der Waals surface area contributed by atoms with Gasteiger partial charge in [-0.15, -0.1) is 0 Å². The van der Waals surface area contributed by atoms with Gasteiger partial charge in [0.15, 0.2) is 5.78 Å². The monoisotopic (exact) mass is 572 g/mol. The quantitative estimate of drug-likeness (QED) is 0.196.